The molecule has 1 aliphatic rings. The summed E-state index contributed by atoms with van der Waals surface area (Å²) in [4.78, 5) is 13.2. The Bertz CT molecular complexity index is 1090. The number of methoxy groups -OCH3 is 1. The van der Waals surface area contributed by atoms with Crippen LogP contribution in [0.5, 0.6) is 11.5 Å². The number of nitrogens with zero attached hydrogens (tertiary/aromatic N) is 1. The number of piperidine rings is 1. The van der Waals surface area contributed by atoms with Gasteiger partial charge in [-0.15, -0.1) is 0 Å². The van der Waals surface area contributed by atoms with Crippen molar-refractivity contribution in [1.82, 2.24) is 9.62 Å². The van der Waals surface area contributed by atoms with Crippen LogP contribution < -0.4 is 14.8 Å². The Morgan fingerprint density at radius 3 is 2.33 bits per heavy atom. The van der Waals surface area contributed by atoms with Gasteiger partial charge in [0.2, 0.25) is 10.0 Å². The third-order valence-electron chi connectivity index (χ3n) is 5.78. The van der Waals surface area contributed by atoms with Crippen molar-refractivity contribution in [3.63, 3.8) is 0 Å². The summed E-state index contributed by atoms with van der Waals surface area (Å²) in [5.41, 5.74) is 1.80. The van der Waals surface area contributed by atoms with E-state index in [1.54, 1.807) is 26.2 Å². The minimum Gasteiger partial charge on any atom is -0.493 e. The summed E-state index contributed by atoms with van der Waals surface area (Å²) in [5, 5.41) is 2.96. The number of ether oxygens (including phenoxy) is 2. The number of carbonyl (C=O) groups is 1. The fraction of sp³-hybridized carbons (Fsp3) is 0.480. The summed E-state index contributed by atoms with van der Waals surface area (Å²) >= 11 is 0. The van der Waals surface area contributed by atoms with Crippen molar-refractivity contribution in [2.45, 2.75) is 64.0 Å². The van der Waals surface area contributed by atoms with Crippen LogP contribution in [-0.2, 0) is 10.0 Å². The highest BCUT2D eigenvalue weighted by atomic mass is 32.2. The van der Waals surface area contributed by atoms with E-state index >= 15 is 0 Å². The molecule has 0 aliphatic carbocycles. The molecule has 1 unspecified atom stereocenters. The molecule has 180 valence electrons. The van der Waals surface area contributed by atoms with Gasteiger partial charge in [-0.05, 0) is 75.9 Å². The number of sulfonamides is 1. The van der Waals surface area contributed by atoms with Crippen LogP contribution in [0.1, 0.15) is 67.6 Å². The molecular formula is C25H34N2O5S. The molecule has 3 rings (SSSR count). The zero-order chi connectivity index (χ0) is 24.2. The minimum atomic E-state index is -3.63. The van der Waals surface area contributed by atoms with Crippen LogP contribution in [0.15, 0.2) is 41.3 Å². The van der Waals surface area contributed by atoms with Crippen LogP contribution in [-0.4, -0.2) is 44.9 Å². The van der Waals surface area contributed by atoms with E-state index in [1.165, 1.54) is 10.4 Å². The summed E-state index contributed by atoms with van der Waals surface area (Å²) in [5.74, 6) is 0.896. The summed E-state index contributed by atoms with van der Waals surface area (Å²) in [6.07, 6.45) is 2.78. The third kappa shape index (κ3) is 5.86. The zero-order valence-corrected chi connectivity index (χ0v) is 20.9. The number of benzene rings is 2. The summed E-state index contributed by atoms with van der Waals surface area (Å²) < 4.78 is 39.1. The molecule has 0 saturated carbocycles. The highest BCUT2D eigenvalue weighted by molar-refractivity contribution is 7.89. The van der Waals surface area contributed by atoms with Gasteiger partial charge in [-0.2, -0.15) is 4.31 Å². The fourth-order valence-electron chi connectivity index (χ4n) is 3.93. The first-order valence-electron chi connectivity index (χ1n) is 11.4. The van der Waals surface area contributed by atoms with Crippen LogP contribution in [0.3, 0.4) is 0 Å². The first-order valence-corrected chi connectivity index (χ1v) is 12.8. The van der Waals surface area contributed by atoms with Crippen molar-refractivity contribution in [1.29, 1.82) is 0 Å². The molecule has 0 radical (unpaired) electrons. The molecule has 0 aromatic heterocycles. The van der Waals surface area contributed by atoms with E-state index in [4.69, 9.17) is 9.47 Å². The molecule has 1 heterocycles. The molecule has 1 N–H and O–H groups in total. The number of amides is 1. The van der Waals surface area contributed by atoms with Gasteiger partial charge in [-0.3, -0.25) is 4.79 Å². The van der Waals surface area contributed by atoms with E-state index < -0.39 is 10.0 Å². The molecule has 2 aromatic carbocycles. The first kappa shape index (κ1) is 25.1. The Hall–Kier alpha value is -2.58. The van der Waals surface area contributed by atoms with Crippen molar-refractivity contribution >= 4 is 15.9 Å². The molecule has 1 atom stereocenters. The van der Waals surface area contributed by atoms with Crippen molar-refractivity contribution in [3.8, 4) is 11.5 Å². The number of nitrogens with one attached hydrogen (secondary N) is 1. The van der Waals surface area contributed by atoms with E-state index in [0.29, 0.717) is 35.7 Å². The number of carbonyl (C=O) groups excluding carboxylic acids is 1. The van der Waals surface area contributed by atoms with E-state index in [9.17, 15) is 13.2 Å². The normalized spacial score (nSPS) is 15.8. The Labute approximate surface area is 197 Å². The molecule has 1 fully saturated rings. The molecule has 7 nitrogen and oxygen atoms in total. The average Bonchev–Trinajstić information content (AvgIpc) is 2.79. The molecule has 1 aliphatic heterocycles. The quantitative estimate of drug-likeness (QED) is 0.611. The average molecular weight is 475 g/mol. The number of rotatable bonds is 8. The molecule has 0 spiro atoms. The maximum atomic E-state index is 13.2. The Morgan fingerprint density at radius 1 is 1.00 bits per heavy atom. The number of hydrogen-bond donors (Lipinski definition) is 1. The molecular weight excluding hydrogens is 440 g/mol. The fourth-order valence-corrected chi connectivity index (χ4v) is 5.70. The molecule has 8 heteroatoms. The van der Waals surface area contributed by atoms with Crippen LogP contribution in [0.4, 0.5) is 0 Å². The smallest absolute Gasteiger partial charge is 0.251 e. The van der Waals surface area contributed by atoms with Crippen LogP contribution in [0, 0.1) is 6.92 Å². The van der Waals surface area contributed by atoms with E-state index in [0.717, 1.165) is 24.8 Å². The van der Waals surface area contributed by atoms with Gasteiger partial charge in [0.1, 0.15) is 0 Å². The monoisotopic (exact) mass is 474 g/mol. The Morgan fingerprint density at radius 2 is 1.70 bits per heavy atom. The lowest BCUT2D eigenvalue weighted by molar-refractivity contribution is 0.0939. The molecule has 0 bridgehead atoms. The zero-order valence-electron chi connectivity index (χ0n) is 20.1. The predicted molar refractivity (Wildman–Crippen MR) is 128 cm³/mol. The van der Waals surface area contributed by atoms with Gasteiger partial charge >= 0.3 is 0 Å². The van der Waals surface area contributed by atoms with Gasteiger partial charge in [-0.25, -0.2) is 8.42 Å². The van der Waals surface area contributed by atoms with E-state index in [-0.39, 0.29) is 22.9 Å². The van der Waals surface area contributed by atoms with Gasteiger partial charge in [0.15, 0.2) is 11.5 Å². The highest BCUT2D eigenvalue weighted by Crippen LogP contribution is 2.31. The lowest BCUT2D eigenvalue weighted by Crippen LogP contribution is -2.36. The number of aryl methyl sites for hydroxylation is 1. The maximum absolute atomic E-state index is 13.2. The van der Waals surface area contributed by atoms with Gasteiger partial charge < -0.3 is 14.8 Å². The molecule has 1 amide bonds. The maximum Gasteiger partial charge on any atom is 0.251 e. The lowest BCUT2D eigenvalue weighted by atomic mass is 10.1. The predicted octanol–water partition coefficient (Wildman–Crippen LogP) is 4.46. The standard InChI is InChI=1S/C25H34N2O5S/c1-17(2)32-22-12-11-20(15-23(22)31-5)19(4)26-25(28)21-10-9-18(3)24(16-21)33(29,30)27-13-7-6-8-14-27/h9-12,15-17,19H,6-8,13-14H2,1-5H3,(H,26,28). The van der Waals surface area contributed by atoms with Crippen LogP contribution in [0.2, 0.25) is 0 Å². The van der Waals surface area contributed by atoms with Gasteiger partial charge in [0, 0.05) is 18.7 Å². The SMILES string of the molecule is COc1cc(C(C)NC(=O)c2ccc(C)c(S(=O)(=O)N3CCCCC3)c2)ccc1OC(C)C. The second-order valence-corrected chi connectivity index (χ2v) is 10.6. The second-order valence-electron chi connectivity index (χ2n) is 8.72. The van der Waals surface area contributed by atoms with Crippen LogP contribution >= 0.6 is 0 Å². The summed E-state index contributed by atoms with van der Waals surface area (Å²) in [6.45, 7) is 8.56. The molecule has 1 saturated heterocycles. The third-order valence-corrected chi connectivity index (χ3v) is 7.82. The number of hydrogen-bond acceptors (Lipinski definition) is 5. The van der Waals surface area contributed by atoms with Gasteiger partial charge in [-0.1, -0.05) is 18.6 Å². The minimum absolute atomic E-state index is 0.0128. The van der Waals surface area contributed by atoms with Crippen molar-refractivity contribution < 1.29 is 22.7 Å². The largest absolute Gasteiger partial charge is 0.493 e. The van der Waals surface area contributed by atoms with Crippen molar-refractivity contribution in [2.24, 2.45) is 0 Å². The Balaban J connectivity index is 1.80. The topological polar surface area (TPSA) is 84.9 Å². The first-order chi connectivity index (χ1) is 15.6. The van der Waals surface area contributed by atoms with E-state index in [1.807, 2.05) is 39.0 Å². The van der Waals surface area contributed by atoms with Gasteiger partial charge in [0.25, 0.3) is 5.91 Å². The highest BCUT2D eigenvalue weighted by Gasteiger charge is 2.28. The van der Waals surface area contributed by atoms with Crippen molar-refractivity contribution in [2.75, 3.05) is 20.2 Å². The lowest BCUT2D eigenvalue weighted by Gasteiger charge is -2.26. The Kier molecular flexibility index (Phi) is 8.02. The second kappa shape index (κ2) is 10.6. The molecule has 2 aromatic rings. The van der Waals surface area contributed by atoms with Crippen LogP contribution in [0.25, 0.3) is 0 Å². The summed E-state index contributed by atoms with van der Waals surface area (Å²) in [6, 6.07) is 10.1. The van der Waals surface area contributed by atoms with Gasteiger partial charge in [0.05, 0.1) is 24.2 Å². The van der Waals surface area contributed by atoms with Crippen molar-refractivity contribution in [3.05, 3.63) is 53.1 Å². The van der Waals surface area contributed by atoms with E-state index in [2.05, 4.69) is 5.32 Å². The molecule has 33 heavy (non-hydrogen) atoms. The summed E-state index contributed by atoms with van der Waals surface area (Å²) in [7, 11) is -2.05.